The summed E-state index contributed by atoms with van der Waals surface area (Å²) in [6.07, 6.45) is 5.19. The van der Waals surface area contributed by atoms with E-state index in [-0.39, 0.29) is 0 Å². The maximum absolute atomic E-state index is 3.78. The summed E-state index contributed by atoms with van der Waals surface area (Å²) in [5.74, 6) is 0.751. The Bertz CT molecular complexity index is 289. The van der Waals surface area contributed by atoms with Gasteiger partial charge in [0, 0.05) is 4.83 Å². The van der Waals surface area contributed by atoms with Crippen LogP contribution < -0.4 is 0 Å². The van der Waals surface area contributed by atoms with E-state index in [1.165, 1.54) is 30.4 Å². The van der Waals surface area contributed by atoms with Crippen LogP contribution >= 0.6 is 15.9 Å². The minimum absolute atomic E-state index is 0.704. The summed E-state index contributed by atoms with van der Waals surface area (Å²) in [5.41, 5.74) is 2.96. The summed E-state index contributed by atoms with van der Waals surface area (Å²) >= 11 is 3.78. The van der Waals surface area contributed by atoms with Gasteiger partial charge < -0.3 is 0 Å². The van der Waals surface area contributed by atoms with Gasteiger partial charge in [0.15, 0.2) is 0 Å². The highest BCUT2D eigenvalue weighted by atomic mass is 79.9. The van der Waals surface area contributed by atoms with Crippen molar-refractivity contribution < 1.29 is 0 Å². The minimum atomic E-state index is 0.704. The molecule has 1 fully saturated rings. The van der Waals surface area contributed by atoms with E-state index in [9.17, 15) is 0 Å². The average molecular weight is 253 g/mol. The molecular weight excluding hydrogens is 236 g/mol. The molecule has 2 atom stereocenters. The molecule has 0 aromatic heterocycles. The van der Waals surface area contributed by atoms with Crippen molar-refractivity contribution in [3.05, 3.63) is 35.4 Å². The smallest absolute Gasteiger partial charge is 0.0214 e. The van der Waals surface area contributed by atoms with Gasteiger partial charge in [-0.2, -0.15) is 0 Å². The second-order valence-corrected chi connectivity index (χ2v) is 5.32. The number of alkyl halides is 1. The zero-order valence-corrected chi connectivity index (χ0v) is 10.3. The van der Waals surface area contributed by atoms with Gasteiger partial charge in [-0.3, -0.25) is 0 Å². The first-order valence-corrected chi connectivity index (χ1v) is 6.45. The van der Waals surface area contributed by atoms with Gasteiger partial charge in [0.1, 0.15) is 0 Å². The Morgan fingerprint density at radius 2 is 1.93 bits per heavy atom. The van der Waals surface area contributed by atoms with Crippen LogP contribution in [0.5, 0.6) is 0 Å². The van der Waals surface area contributed by atoms with E-state index in [4.69, 9.17) is 0 Å². The third kappa shape index (κ3) is 2.03. The number of rotatable bonds is 2. The highest BCUT2D eigenvalue weighted by Crippen LogP contribution is 2.39. The monoisotopic (exact) mass is 252 g/mol. The van der Waals surface area contributed by atoms with Crippen LogP contribution in [-0.2, 0) is 6.42 Å². The zero-order valence-electron chi connectivity index (χ0n) is 8.67. The zero-order chi connectivity index (χ0) is 9.97. The summed E-state index contributed by atoms with van der Waals surface area (Å²) in [6.45, 7) is 2.21. The van der Waals surface area contributed by atoms with E-state index in [1.807, 2.05) is 0 Å². The van der Waals surface area contributed by atoms with Crippen molar-refractivity contribution in [1.29, 1.82) is 0 Å². The van der Waals surface area contributed by atoms with Gasteiger partial charge in [-0.25, -0.2) is 0 Å². The van der Waals surface area contributed by atoms with Crippen molar-refractivity contribution in [1.82, 2.24) is 0 Å². The number of aryl methyl sites for hydroxylation is 1. The third-order valence-corrected chi connectivity index (χ3v) is 4.34. The fraction of sp³-hybridized carbons (Fsp3) is 0.538. The Morgan fingerprint density at radius 1 is 1.21 bits per heavy atom. The lowest BCUT2D eigenvalue weighted by Crippen LogP contribution is -2.04. The van der Waals surface area contributed by atoms with E-state index in [0.717, 1.165) is 12.3 Å². The van der Waals surface area contributed by atoms with Crippen molar-refractivity contribution in [2.75, 3.05) is 0 Å². The van der Waals surface area contributed by atoms with E-state index < -0.39 is 0 Å². The van der Waals surface area contributed by atoms with Crippen molar-refractivity contribution >= 4 is 15.9 Å². The lowest BCUT2D eigenvalue weighted by molar-refractivity contribution is 0.742. The molecule has 0 aliphatic heterocycles. The molecule has 0 saturated heterocycles. The quantitative estimate of drug-likeness (QED) is 0.690. The van der Waals surface area contributed by atoms with Crippen LogP contribution in [0.25, 0.3) is 0 Å². The molecule has 0 heterocycles. The van der Waals surface area contributed by atoms with Gasteiger partial charge in [0.05, 0.1) is 0 Å². The summed E-state index contributed by atoms with van der Waals surface area (Å²) in [7, 11) is 0. The Morgan fingerprint density at radius 3 is 2.43 bits per heavy atom. The van der Waals surface area contributed by atoms with E-state index >= 15 is 0 Å². The van der Waals surface area contributed by atoms with Crippen LogP contribution in [0.1, 0.15) is 43.2 Å². The molecule has 1 aromatic carbocycles. The normalized spacial score (nSPS) is 26.7. The van der Waals surface area contributed by atoms with Crippen LogP contribution in [0.15, 0.2) is 24.3 Å². The van der Waals surface area contributed by atoms with Crippen molar-refractivity contribution in [3.63, 3.8) is 0 Å². The maximum Gasteiger partial charge on any atom is 0.0214 e. The van der Waals surface area contributed by atoms with E-state index in [1.54, 1.807) is 0 Å². The molecule has 1 saturated carbocycles. The molecule has 0 spiro atoms. The SMILES string of the molecule is CCc1ccc(C2CCCC2Br)cc1. The Hall–Kier alpha value is -0.300. The van der Waals surface area contributed by atoms with E-state index in [2.05, 4.69) is 47.1 Å². The molecule has 2 rings (SSSR count). The summed E-state index contributed by atoms with van der Waals surface area (Å²) in [4.78, 5) is 0.704. The molecule has 14 heavy (non-hydrogen) atoms. The lowest BCUT2D eigenvalue weighted by Gasteiger charge is -2.14. The fourth-order valence-electron chi connectivity index (χ4n) is 2.29. The molecule has 0 amide bonds. The molecule has 76 valence electrons. The molecule has 1 aliphatic rings. The van der Waals surface area contributed by atoms with Gasteiger partial charge in [-0.1, -0.05) is 53.5 Å². The third-order valence-electron chi connectivity index (χ3n) is 3.25. The number of hydrogen-bond acceptors (Lipinski definition) is 0. The summed E-state index contributed by atoms with van der Waals surface area (Å²) in [6, 6.07) is 9.16. The highest BCUT2D eigenvalue weighted by molar-refractivity contribution is 9.09. The number of hydrogen-bond donors (Lipinski definition) is 0. The lowest BCUT2D eigenvalue weighted by atomic mass is 9.96. The molecule has 0 nitrogen and oxygen atoms in total. The predicted molar refractivity (Wildman–Crippen MR) is 65.1 cm³/mol. The predicted octanol–water partition coefficient (Wildman–Crippen LogP) is 4.28. The van der Waals surface area contributed by atoms with Crippen molar-refractivity contribution in [2.24, 2.45) is 0 Å². The van der Waals surface area contributed by atoms with Gasteiger partial charge in [-0.05, 0) is 36.3 Å². The van der Waals surface area contributed by atoms with Crippen LogP contribution in [0, 0.1) is 0 Å². The van der Waals surface area contributed by atoms with Crippen LogP contribution in [-0.4, -0.2) is 4.83 Å². The molecule has 0 N–H and O–H groups in total. The van der Waals surface area contributed by atoms with Crippen LogP contribution in [0.4, 0.5) is 0 Å². The van der Waals surface area contributed by atoms with Crippen LogP contribution in [0.2, 0.25) is 0 Å². The topological polar surface area (TPSA) is 0 Å². The fourth-order valence-corrected chi connectivity index (χ4v) is 3.18. The van der Waals surface area contributed by atoms with E-state index in [0.29, 0.717) is 4.83 Å². The Balaban J connectivity index is 2.16. The molecule has 0 bridgehead atoms. The standard InChI is InChI=1S/C13H17Br/c1-2-10-6-8-11(9-7-10)12-4-3-5-13(12)14/h6-9,12-13H,2-5H2,1H3. The molecule has 1 heteroatoms. The number of halogens is 1. The Labute approximate surface area is 94.8 Å². The first-order chi connectivity index (χ1) is 6.81. The van der Waals surface area contributed by atoms with Gasteiger partial charge in [0.25, 0.3) is 0 Å². The van der Waals surface area contributed by atoms with Gasteiger partial charge >= 0.3 is 0 Å². The van der Waals surface area contributed by atoms with Crippen molar-refractivity contribution in [2.45, 2.75) is 43.4 Å². The second kappa shape index (κ2) is 4.48. The second-order valence-electron chi connectivity index (χ2n) is 4.15. The molecule has 2 unspecified atom stereocenters. The summed E-state index contributed by atoms with van der Waals surface area (Å²) < 4.78 is 0. The van der Waals surface area contributed by atoms with Gasteiger partial charge in [0.2, 0.25) is 0 Å². The van der Waals surface area contributed by atoms with Gasteiger partial charge in [-0.15, -0.1) is 0 Å². The first-order valence-electron chi connectivity index (χ1n) is 5.54. The average Bonchev–Trinajstić information content (AvgIpc) is 2.65. The Kier molecular flexibility index (Phi) is 3.27. The van der Waals surface area contributed by atoms with Crippen molar-refractivity contribution in [3.8, 4) is 0 Å². The maximum atomic E-state index is 3.78. The molecule has 1 aliphatic carbocycles. The highest BCUT2D eigenvalue weighted by Gasteiger charge is 2.25. The molecule has 1 aromatic rings. The number of benzene rings is 1. The minimum Gasteiger partial charge on any atom is -0.0884 e. The first kappa shape index (κ1) is 10.2. The molecular formula is C13H17Br. The largest absolute Gasteiger partial charge is 0.0884 e. The summed E-state index contributed by atoms with van der Waals surface area (Å²) in [5, 5.41) is 0. The van der Waals surface area contributed by atoms with Crippen LogP contribution in [0.3, 0.4) is 0 Å². The molecule has 0 radical (unpaired) electrons.